The second-order valence-corrected chi connectivity index (χ2v) is 7.42. The van der Waals surface area contributed by atoms with Gasteiger partial charge in [0.15, 0.2) is 0 Å². The fourth-order valence-electron chi connectivity index (χ4n) is 2.97. The van der Waals surface area contributed by atoms with E-state index in [1.165, 1.54) is 23.3 Å². The summed E-state index contributed by atoms with van der Waals surface area (Å²) in [6.07, 6.45) is 3.52. The van der Waals surface area contributed by atoms with Gasteiger partial charge in [-0.3, -0.25) is 4.79 Å². The van der Waals surface area contributed by atoms with Gasteiger partial charge in [-0.05, 0) is 56.0 Å². The molecule has 0 radical (unpaired) electrons. The van der Waals surface area contributed by atoms with Crippen LogP contribution in [-0.2, 0) is 11.2 Å². The van der Waals surface area contributed by atoms with Crippen molar-refractivity contribution in [2.24, 2.45) is 17.1 Å². The third-order valence-corrected chi connectivity index (χ3v) is 5.43. The minimum atomic E-state index is -0.444. The first-order chi connectivity index (χ1) is 9.04. The third-order valence-electron chi connectivity index (χ3n) is 4.43. The van der Waals surface area contributed by atoms with E-state index < -0.39 is 5.41 Å². The Labute approximate surface area is 118 Å². The van der Waals surface area contributed by atoms with Gasteiger partial charge >= 0.3 is 0 Å². The molecule has 1 fully saturated rings. The molecule has 1 aliphatic carbocycles. The lowest BCUT2D eigenvalue weighted by Crippen LogP contribution is -2.49. The molecular formula is C15H22N2OS. The standard InChI is InChI=1S/C15H22N2OS/c1-15(2,9-16)14(18)17-7-5-12-11(6-8-19-12)13(17)10-3-4-10/h6,8,10,13H,3-5,7,9,16H2,1-2H3. The van der Waals surface area contributed by atoms with E-state index in [1.54, 1.807) is 0 Å². The van der Waals surface area contributed by atoms with E-state index in [0.717, 1.165) is 13.0 Å². The summed E-state index contributed by atoms with van der Waals surface area (Å²) >= 11 is 1.84. The quantitative estimate of drug-likeness (QED) is 0.923. The van der Waals surface area contributed by atoms with Crippen LogP contribution in [0.1, 0.15) is 43.2 Å². The summed E-state index contributed by atoms with van der Waals surface area (Å²) < 4.78 is 0. The number of rotatable bonds is 3. The number of carbonyl (C=O) groups excluding carboxylic acids is 1. The second kappa shape index (κ2) is 4.60. The molecule has 0 spiro atoms. The Hall–Kier alpha value is -0.870. The average molecular weight is 278 g/mol. The fourth-order valence-corrected chi connectivity index (χ4v) is 3.88. The number of hydrogen-bond acceptors (Lipinski definition) is 3. The summed E-state index contributed by atoms with van der Waals surface area (Å²) in [6, 6.07) is 2.53. The van der Waals surface area contributed by atoms with Gasteiger partial charge in [0, 0.05) is 18.0 Å². The Morgan fingerprint density at radius 2 is 2.26 bits per heavy atom. The van der Waals surface area contributed by atoms with Crippen LogP contribution >= 0.6 is 11.3 Å². The lowest BCUT2D eigenvalue weighted by atomic mass is 9.88. The molecule has 2 heterocycles. The Morgan fingerprint density at radius 3 is 2.89 bits per heavy atom. The Kier molecular flexibility index (Phi) is 3.18. The molecule has 19 heavy (non-hydrogen) atoms. The molecular weight excluding hydrogens is 256 g/mol. The van der Waals surface area contributed by atoms with E-state index in [2.05, 4.69) is 16.3 Å². The van der Waals surface area contributed by atoms with E-state index in [1.807, 2.05) is 25.2 Å². The SMILES string of the molecule is CC(C)(CN)C(=O)N1CCc2sccc2C1C1CC1. The summed E-state index contributed by atoms with van der Waals surface area (Å²) in [7, 11) is 0. The molecule has 2 aliphatic rings. The molecule has 1 aliphatic heterocycles. The topological polar surface area (TPSA) is 46.3 Å². The molecule has 1 aromatic heterocycles. The van der Waals surface area contributed by atoms with Gasteiger partial charge in [0.2, 0.25) is 5.91 Å². The van der Waals surface area contributed by atoms with Crippen molar-refractivity contribution in [3.63, 3.8) is 0 Å². The Morgan fingerprint density at radius 1 is 1.53 bits per heavy atom. The van der Waals surface area contributed by atoms with Crippen LogP contribution in [0, 0.1) is 11.3 Å². The van der Waals surface area contributed by atoms with Crippen molar-refractivity contribution in [1.82, 2.24) is 4.90 Å². The van der Waals surface area contributed by atoms with Crippen molar-refractivity contribution >= 4 is 17.2 Å². The Bertz CT molecular complexity index is 490. The second-order valence-electron chi connectivity index (χ2n) is 6.42. The highest BCUT2D eigenvalue weighted by Crippen LogP contribution is 2.49. The largest absolute Gasteiger partial charge is 0.334 e. The van der Waals surface area contributed by atoms with Crippen molar-refractivity contribution < 1.29 is 4.79 Å². The van der Waals surface area contributed by atoms with Crippen LogP contribution in [0.25, 0.3) is 0 Å². The summed E-state index contributed by atoms with van der Waals surface area (Å²) in [4.78, 5) is 16.4. The van der Waals surface area contributed by atoms with E-state index in [0.29, 0.717) is 18.5 Å². The summed E-state index contributed by atoms with van der Waals surface area (Å²) in [6.45, 7) is 5.19. The smallest absolute Gasteiger partial charge is 0.230 e. The molecule has 3 nitrogen and oxygen atoms in total. The van der Waals surface area contributed by atoms with Crippen LogP contribution in [0.2, 0.25) is 0 Å². The lowest BCUT2D eigenvalue weighted by Gasteiger charge is -2.40. The average Bonchev–Trinajstić information content (AvgIpc) is 3.13. The monoisotopic (exact) mass is 278 g/mol. The molecule has 3 rings (SSSR count). The predicted molar refractivity (Wildman–Crippen MR) is 78.0 cm³/mol. The van der Waals surface area contributed by atoms with Crippen LogP contribution in [0.3, 0.4) is 0 Å². The van der Waals surface area contributed by atoms with Gasteiger partial charge in [-0.25, -0.2) is 0 Å². The van der Waals surface area contributed by atoms with E-state index in [-0.39, 0.29) is 5.91 Å². The third kappa shape index (κ3) is 2.21. The number of hydrogen-bond donors (Lipinski definition) is 1. The number of nitrogens with zero attached hydrogens (tertiary/aromatic N) is 1. The highest BCUT2D eigenvalue weighted by molar-refractivity contribution is 7.10. The van der Waals surface area contributed by atoms with Crippen molar-refractivity contribution in [3.8, 4) is 0 Å². The fraction of sp³-hybridized carbons (Fsp3) is 0.667. The van der Waals surface area contributed by atoms with Crippen molar-refractivity contribution in [2.75, 3.05) is 13.1 Å². The van der Waals surface area contributed by atoms with Crippen LogP contribution in [0.15, 0.2) is 11.4 Å². The molecule has 4 heteroatoms. The van der Waals surface area contributed by atoms with E-state index in [4.69, 9.17) is 5.73 Å². The zero-order chi connectivity index (χ0) is 13.6. The summed E-state index contributed by atoms with van der Waals surface area (Å²) in [5.74, 6) is 0.898. The molecule has 1 aromatic rings. The first kappa shape index (κ1) is 13.1. The van der Waals surface area contributed by atoms with E-state index >= 15 is 0 Å². The number of carbonyl (C=O) groups is 1. The van der Waals surface area contributed by atoms with Crippen LogP contribution in [0.4, 0.5) is 0 Å². The highest BCUT2D eigenvalue weighted by Gasteiger charge is 2.44. The predicted octanol–water partition coefficient (Wildman–Crippen LogP) is 2.57. The molecule has 104 valence electrons. The minimum absolute atomic E-state index is 0.226. The zero-order valence-corrected chi connectivity index (χ0v) is 12.5. The van der Waals surface area contributed by atoms with Crippen molar-refractivity contribution in [1.29, 1.82) is 0 Å². The molecule has 2 N–H and O–H groups in total. The number of thiophene rings is 1. The lowest BCUT2D eigenvalue weighted by molar-refractivity contribution is -0.143. The normalized spacial score (nSPS) is 23.3. The van der Waals surface area contributed by atoms with Crippen LogP contribution in [-0.4, -0.2) is 23.9 Å². The molecule has 1 saturated carbocycles. The van der Waals surface area contributed by atoms with Gasteiger partial charge in [0.1, 0.15) is 0 Å². The van der Waals surface area contributed by atoms with Gasteiger partial charge in [-0.1, -0.05) is 0 Å². The van der Waals surface area contributed by atoms with Crippen molar-refractivity contribution in [2.45, 2.75) is 39.2 Å². The van der Waals surface area contributed by atoms with Gasteiger partial charge < -0.3 is 10.6 Å². The number of fused-ring (bicyclic) bond motifs is 1. The van der Waals surface area contributed by atoms with Crippen molar-refractivity contribution in [3.05, 3.63) is 21.9 Å². The minimum Gasteiger partial charge on any atom is -0.334 e. The zero-order valence-electron chi connectivity index (χ0n) is 11.7. The maximum Gasteiger partial charge on any atom is 0.230 e. The first-order valence-electron chi connectivity index (χ1n) is 7.12. The molecule has 1 unspecified atom stereocenters. The summed E-state index contributed by atoms with van der Waals surface area (Å²) in [5.41, 5.74) is 6.74. The highest BCUT2D eigenvalue weighted by atomic mass is 32.1. The Balaban J connectivity index is 1.92. The van der Waals surface area contributed by atoms with Crippen LogP contribution < -0.4 is 5.73 Å². The number of nitrogens with two attached hydrogens (primary N) is 1. The molecule has 0 saturated heterocycles. The van der Waals surface area contributed by atoms with Gasteiger partial charge in [0.25, 0.3) is 0 Å². The molecule has 1 amide bonds. The van der Waals surface area contributed by atoms with Gasteiger partial charge in [0.05, 0.1) is 11.5 Å². The number of amides is 1. The molecule has 0 aromatic carbocycles. The van der Waals surface area contributed by atoms with Gasteiger partial charge in [-0.2, -0.15) is 0 Å². The summed E-state index contributed by atoms with van der Waals surface area (Å²) in [5, 5.41) is 2.17. The maximum absolute atomic E-state index is 12.8. The van der Waals surface area contributed by atoms with Gasteiger partial charge in [-0.15, -0.1) is 11.3 Å². The maximum atomic E-state index is 12.8. The molecule has 0 bridgehead atoms. The van der Waals surface area contributed by atoms with Crippen LogP contribution in [0.5, 0.6) is 0 Å². The first-order valence-corrected chi connectivity index (χ1v) is 8.00. The van der Waals surface area contributed by atoms with E-state index in [9.17, 15) is 4.79 Å². The molecule has 1 atom stereocenters.